The molecule has 21 heavy (non-hydrogen) atoms. The summed E-state index contributed by atoms with van der Waals surface area (Å²) >= 11 is 0. The molecule has 0 spiro atoms. The molecule has 0 saturated heterocycles. The van der Waals surface area contributed by atoms with Gasteiger partial charge in [0.05, 0.1) is 5.69 Å². The fraction of sp³-hybridized carbons (Fsp3) is 0.500. The van der Waals surface area contributed by atoms with Gasteiger partial charge in [-0.05, 0) is 31.0 Å². The van der Waals surface area contributed by atoms with Crippen molar-refractivity contribution in [1.29, 1.82) is 0 Å². The number of anilines is 1. The highest BCUT2D eigenvalue weighted by molar-refractivity contribution is 5.95. The minimum Gasteiger partial charge on any atom is -0.404 e. The van der Waals surface area contributed by atoms with E-state index in [0.717, 1.165) is 6.07 Å². The van der Waals surface area contributed by atoms with Crippen molar-refractivity contribution in [3.05, 3.63) is 23.8 Å². The molecule has 1 aromatic carbocycles. The molecule has 0 unspecified atom stereocenters. The molecule has 0 heterocycles. The summed E-state index contributed by atoms with van der Waals surface area (Å²) in [5, 5.41) is 0. The van der Waals surface area contributed by atoms with Crippen LogP contribution < -0.4 is 10.5 Å². The lowest BCUT2D eigenvalue weighted by molar-refractivity contribution is -0.274. The van der Waals surface area contributed by atoms with Crippen molar-refractivity contribution < 1.29 is 22.7 Å². The number of nitrogen functional groups attached to an aromatic ring is 1. The molecule has 1 aromatic rings. The van der Waals surface area contributed by atoms with E-state index in [-0.39, 0.29) is 17.2 Å². The Labute approximate surface area is 121 Å². The lowest BCUT2D eigenvalue weighted by Gasteiger charge is -2.23. The Bertz CT molecular complexity index is 501. The van der Waals surface area contributed by atoms with Gasteiger partial charge in [0.25, 0.3) is 5.91 Å². The van der Waals surface area contributed by atoms with Crippen molar-refractivity contribution in [2.24, 2.45) is 5.92 Å². The van der Waals surface area contributed by atoms with Crippen LogP contribution in [0.5, 0.6) is 5.75 Å². The molecular weight excluding hydrogens is 285 g/mol. The number of ether oxygens (including phenoxy) is 1. The van der Waals surface area contributed by atoms with Crippen molar-refractivity contribution in [3.8, 4) is 5.75 Å². The van der Waals surface area contributed by atoms with Crippen molar-refractivity contribution in [2.45, 2.75) is 27.1 Å². The lowest BCUT2D eigenvalue weighted by atomic mass is 10.1. The van der Waals surface area contributed by atoms with Crippen LogP contribution in [-0.2, 0) is 0 Å². The summed E-state index contributed by atoms with van der Waals surface area (Å²) in [6, 6.07) is 3.54. The Morgan fingerprint density at radius 3 is 2.43 bits per heavy atom. The second kappa shape index (κ2) is 6.69. The zero-order chi connectivity index (χ0) is 16.2. The summed E-state index contributed by atoms with van der Waals surface area (Å²) in [6.07, 6.45) is -4.81. The summed E-state index contributed by atoms with van der Waals surface area (Å²) in [6.45, 7) is 6.87. The zero-order valence-corrected chi connectivity index (χ0v) is 12.2. The fourth-order valence-electron chi connectivity index (χ4n) is 1.88. The minimum absolute atomic E-state index is 0.223. The van der Waals surface area contributed by atoms with Gasteiger partial charge in [-0.3, -0.25) is 4.79 Å². The Morgan fingerprint density at radius 1 is 1.38 bits per heavy atom. The van der Waals surface area contributed by atoms with Crippen molar-refractivity contribution >= 4 is 11.6 Å². The number of hydrogen-bond acceptors (Lipinski definition) is 3. The first-order valence-electron chi connectivity index (χ1n) is 6.58. The van der Waals surface area contributed by atoms with E-state index in [0.29, 0.717) is 19.0 Å². The first kappa shape index (κ1) is 17.1. The van der Waals surface area contributed by atoms with Crippen molar-refractivity contribution in [2.75, 3.05) is 18.8 Å². The topological polar surface area (TPSA) is 55.6 Å². The molecule has 2 N–H and O–H groups in total. The number of rotatable bonds is 5. The molecule has 0 aliphatic carbocycles. The molecule has 0 radical (unpaired) electrons. The minimum atomic E-state index is -4.81. The van der Waals surface area contributed by atoms with Crippen LogP contribution in [0.25, 0.3) is 0 Å². The van der Waals surface area contributed by atoms with Gasteiger partial charge in [-0.25, -0.2) is 0 Å². The molecule has 1 amide bonds. The van der Waals surface area contributed by atoms with E-state index in [9.17, 15) is 18.0 Å². The lowest BCUT2D eigenvalue weighted by Crippen LogP contribution is -2.34. The second-order valence-corrected chi connectivity index (χ2v) is 5.04. The maximum atomic E-state index is 12.3. The highest BCUT2D eigenvalue weighted by Gasteiger charge is 2.32. The first-order valence-corrected chi connectivity index (χ1v) is 6.58. The van der Waals surface area contributed by atoms with Crippen LogP contribution >= 0.6 is 0 Å². The molecule has 1 rings (SSSR count). The smallest absolute Gasteiger partial charge is 0.404 e. The van der Waals surface area contributed by atoms with Crippen molar-refractivity contribution in [3.63, 3.8) is 0 Å². The van der Waals surface area contributed by atoms with Gasteiger partial charge in [0.2, 0.25) is 0 Å². The Balaban J connectivity index is 2.94. The Morgan fingerprint density at radius 2 is 2.00 bits per heavy atom. The van der Waals surface area contributed by atoms with Crippen LogP contribution in [0.2, 0.25) is 0 Å². The van der Waals surface area contributed by atoms with E-state index in [4.69, 9.17) is 5.73 Å². The monoisotopic (exact) mass is 304 g/mol. The van der Waals surface area contributed by atoms with Gasteiger partial charge in [0.15, 0.2) is 5.75 Å². The van der Waals surface area contributed by atoms with Crippen LogP contribution in [-0.4, -0.2) is 30.3 Å². The maximum absolute atomic E-state index is 12.3. The summed E-state index contributed by atoms with van der Waals surface area (Å²) in [7, 11) is 0. The molecular formula is C14H19F3N2O2. The molecule has 4 nitrogen and oxygen atoms in total. The third-order valence-electron chi connectivity index (χ3n) is 2.74. The summed E-state index contributed by atoms with van der Waals surface area (Å²) < 4.78 is 40.2. The van der Waals surface area contributed by atoms with Crippen LogP contribution in [0.4, 0.5) is 18.9 Å². The van der Waals surface area contributed by atoms with Gasteiger partial charge >= 0.3 is 6.36 Å². The number of benzene rings is 1. The molecule has 0 aliphatic rings. The van der Waals surface area contributed by atoms with E-state index < -0.39 is 12.1 Å². The van der Waals surface area contributed by atoms with Gasteiger partial charge in [0.1, 0.15) is 0 Å². The molecule has 0 fully saturated rings. The number of nitrogens with two attached hydrogens (primary N) is 1. The molecule has 0 aliphatic heterocycles. The molecule has 0 aromatic heterocycles. The van der Waals surface area contributed by atoms with E-state index in [2.05, 4.69) is 4.74 Å². The largest absolute Gasteiger partial charge is 0.573 e. The fourth-order valence-corrected chi connectivity index (χ4v) is 1.88. The highest BCUT2D eigenvalue weighted by atomic mass is 19.4. The molecule has 7 heteroatoms. The third kappa shape index (κ3) is 5.17. The summed E-state index contributed by atoms with van der Waals surface area (Å²) in [5.74, 6) is -0.485. The number of amides is 1. The standard InChI is InChI=1S/C14H19F3N2O2/c1-4-19(8-9(2)3)13(20)10-5-6-12(11(18)7-10)21-14(15,16)17/h5-7,9H,4,8,18H2,1-3H3. The van der Waals surface area contributed by atoms with E-state index >= 15 is 0 Å². The molecule has 118 valence electrons. The van der Waals surface area contributed by atoms with Gasteiger partial charge in [0, 0.05) is 18.7 Å². The van der Waals surface area contributed by atoms with Gasteiger partial charge in [-0.2, -0.15) is 0 Å². The number of hydrogen-bond donors (Lipinski definition) is 1. The normalized spacial score (nSPS) is 11.6. The SMILES string of the molecule is CCN(CC(C)C)C(=O)c1ccc(OC(F)(F)F)c(N)c1. The maximum Gasteiger partial charge on any atom is 0.573 e. The van der Waals surface area contributed by atoms with E-state index in [1.165, 1.54) is 12.1 Å². The van der Waals surface area contributed by atoms with E-state index in [1.807, 2.05) is 20.8 Å². The van der Waals surface area contributed by atoms with Crippen LogP contribution in [0.3, 0.4) is 0 Å². The number of nitrogens with zero attached hydrogens (tertiary/aromatic N) is 1. The predicted octanol–water partition coefficient (Wildman–Crippen LogP) is 3.29. The van der Waals surface area contributed by atoms with Crippen LogP contribution in [0.1, 0.15) is 31.1 Å². The number of halogens is 3. The number of carbonyl (C=O) groups is 1. The number of alkyl halides is 3. The third-order valence-corrected chi connectivity index (χ3v) is 2.74. The average Bonchev–Trinajstić information content (AvgIpc) is 2.35. The van der Waals surface area contributed by atoms with Gasteiger partial charge in [-0.15, -0.1) is 13.2 Å². The Hall–Kier alpha value is -1.92. The average molecular weight is 304 g/mol. The quantitative estimate of drug-likeness (QED) is 0.849. The molecule has 0 bridgehead atoms. The van der Waals surface area contributed by atoms with Crippen LogP contribution in [0.15, 0.2) is 18.2 Å². The zero-order valence-electron chi connectivity index (χ0n) is 12.2. The molecule has 0 saturated carbocycles. The summed E-state index contributed by atoms with van der Waals surface area (Å²) in [4.78, 5) is 13.9. The molecule has 0 atom stereocenters. The van der Waals surface area contributed by atoms with Gasteiger partial charge in [-0.1, -0.05) is 13.8 Å². The van der Waals surface area contributed by atoms with Crippen molar-refractivity contribution in [1.82, 2.24) is 4.90 Å². The predicted molar refractivity (Wildman–Crippen MR) is 74.0 cm³/mol. The van der Waals surface area contributed by atoms with E-state index in [1.54, 1.807) is 4.90 Å². The van der Waals surface area contributed by atoms with Gasteiger partial charge < -0.3 is 15.4 Å². The summed E-state index contributed by atoms with van der Waals surface area (Å²) in [5.41, 5.74) is 5.53. The van der Waals surface area contributed by atoms with Crippen LogP contribution in [0, 0.1) is 5.92 Å². The first-order chi connectivity index (χ1) is 9.64. The Kier molecular flexibility index (Phi) is 5.46. The highest BCUT2D eigenvalue weighted by Crippen LogP contribution is 2.29. The second-order valence-electron chi connectivity index (χ2n) is 5.04. The number of carbonyl (C=O) groups excluding carboxylic acids is 1.